The molecule has 0 amide bonds. The Hall–Kier alpha value is -1.45. The zero-order valence-electron chi connectivity index (χ0n) is 10.7. The highest BCUT2D eigenvalue weighted by Gasteiger charge is 2.11. The molecule has 100 valence electrons. The fraction of sp³-hybridized carbons (Fsp3) is 0.214. The minimum Gasteiger partial charge on any atom is -0.492 e. The van der Waals surface area contributed by atoms with E-state index >= 15 is 0 Å². The van der Waals surface area contributed by atoms with Gasteiger partial charge in [0.2, 0.25) is 0 Å². The number of halogens is 2. The van der Waals surface area contributed by atoms with Gasteiger partial charge in [-0.05, 0) is 31.5 Å². The topological polar surface area (TPSA) is 48.1 Å². The molecule has 19 heavy (non-hydrogen) atoms. The van der Waals surface area contributed by atoms with Gasteiger partial charge in [-0.1, -0.05) is 23.2 Å². The number of aromatic nitrogens is 1. The number of nitrogen functional groups attached to an aromatic ring is 1. The number of nitrogens with zero attached hydrogens (tertiary/aromatic N) is 1. The van der Waals surface area contributed by atoms with Crippen LogP contribution in [0.4, 0.5) is 5.82 Å². The molecule has 0 saturated heterocycles. The van der Waals surface area contributed by atoms with Crippen LogP contribution >= 0.6 is 23.2 Å². The summed E-state index contributed by atoms with van der Waals surface area (Å²) in [6.45, 7) is 4.33. The first-order valence-electron chi connectivity index (χ1n) is 5.87. The lowest BCUT2D eigenvalue weighted by molar-refractivity contribution is 0.340. The second-order valence-electron chi connectivity index (χ2n) is 4.12. The van der Waals surface area contributed by atoms with Gasteiger partial charge in [0, 0.05) is 23.4 Å². The van der Waals surface area contributed by atoms with Gasteiger partial charge < -0.3 is 10.5 Å². The summed E-state index contributed by atoms with van der Waals surface area (Å²) < 4.78 is 5.40. The van der Waals surface area contributed by atoms with Gasteiger partial charge in [0.1, 0.15) is 11.6 Å². The van der Waals surface area contributed by atoms with Crippen LogP contribution in [0.15, 0.2) is 24.4 Å². The predicted octanol–water partition coefficient (Wildman–Crippen LogP) is 4.34. The Balaban J connectivity index is 2.50. The average Bonchev–Trinajstić information content (AvgIpc) is 2.37. The number of hydrogen-bond donors (Lipinski definition) is 1. The van der Waals surface area contributed by atoms with Crippen LogP contribution in [0.1, 0.15) is 12.5 Å². The lowest BCUT2D eigenvalue weighted by Gasteiger charge is -2.11. The van der Waals surface area contributed by atoms with E-state index in [2.05, 4.69) is 4.98 Å². The Labute approximate surface area is 122 Å². The number of rotatable bonds is 3. The summed E-state index contributed by atoms with van der Waals surface area (Å²) in [6, 6.07) is 5.43. The molecule has 0 spiro atoms. The molecule has 0 saturated carbocycles. The summed E-state index contributed by atoms with van der Waals surface area (Å²) in [5, 5.41) is 1.09. The van der Waals surface area contributed by atoms with Crippen LogP contribution in [0.25, 0.3) is 11.1 Å². The van der Waals surface area contributed by atoms with Crippen molar-refractivity contribution in [2.45, 2.75) is 13.8 Å². The molecule has 0 atom stereocenters. The smallest absolute Gasteiger partial charge is 0.139 e. The monoisotopic (exact) mass is 296 g/mol. The third-order valence-corrected chi connectivity index (χ3v) is 3.36. The maximum absolute atomic E-state index is 6.27. The van der Waals surface area contributed by atoms with Crippen molar-refractivity contribution < 1.29 is 4.74 Å². The van der Waals surface area contributed by atoms with Gasteiger partial charge in [0.15, 0.2) is 0 Å². The van der Waals surface area contributed by atoms with E-state index < -0.39 is 0 Å². The lowest BCUT2D eigenvalue weighted by Crippen LogP contribution is -1.95. The third kappa shape index (κ3) is 2.94. The van der Waals surface area contributed by atoms with Gasteiger partial charge in [-0.3, -0.25) is 0 Å². The molecular weight excluding hydrogens is 283 g/mol. The van der Waals surface area contributed by atoms with Gasteiger partial charge in [0.25, 0.3) is 0 Å². The van der Waals surface area contributed by atoms with Crippen LogP contribution in [-0.2, 0) is 0 Å². The Bertz CT molecular complexity index is 615. The van der Waals surface area contributed by atoms with E-state index in [-0.39, 0.29) is 0 Å². The number of pyridine rings is 1. The fourth-order valence-electron chi connectivity index (χ4n) is 1.75. The summed E-state index contributed by atoms with van der Waals surface area (Å²) in [5.74, 6) is 1.09. The van der Waals surface area contributed by atoms with Crippen LogP contribution in [0, 0.1) is 6.92 Å². The summed E-state index contributed by atoms with van der Waals surface area (Å²) in [6.07, 6.45) is 1.68. The number of benzene rings is 1. The molecule has 0 aliphatic heterocycles. The number of aryl methyl sites for hydroxylation is 1. The minimum atomic E-state index is 0.511. The van der Waals surface area contributed by atoms with Crippen LogP contribution in [0.5, 0.6) is 5.75 Å². The summed E-state index contributed by atoms with van der Waals surface area (Å²) in [5.41, 5.74) is 8.30. The molecule has 0 aliphatic rings. The number of hydrogen-bond acceptors (Lipinski definition) is 3. The van der Waals surface area contributed by atoms with Crippen molar-refractivity contribution in [2.75, 3.05) is 12.3 Å². The van der Waals surface area contributed by atoms with Crippen molar-refractivity contribution in [1.82, 2.24) is 4.98 Å². The van der Waals surface area contributed by atoms with E-state index in [0.29, 0.717) is 28.2 Å². The molecule has 0 unspecified atom stereocenters. The van der Waals surface area contributed by atoms with E-state index in [9.17, 15) is 0 Å². The molecule has 0 aliphatic carbocycles. The minimum absolute atomic E-state index is 0.511. The lowest BCUT2D eigenvalue weighted by atomic mass is 10.1. The van der Waals surface area contributed by atoms with Crippen molar-refractivity contribution in [1.29, 1.82) is 0 Å². The van der Waals surface area contributed by atoms with Crippen LogP contribution in [0.2, 0.25) is 10.0 Å². The molecule has 1 aromatic heterocycles. The van der Waals surface area contributed by atoms with Crippen molar-refractivity contribution in [3.05, 3.63) is 40.0 Å². The predicted molar refractivity (Wildman–Crippen MR) is 80.0 cm³/mol. The highest BCUT2D eigenvalue weighted by atomic mass is 35.5. The van der Waals surface area contributed by atoms with E-state index in [0.717, 1.165) is 16.7 Å². The van der Waals surface area contributed by atoms with E-state index in [1.54, 1.807) is 18.3 Å². The molecule has 2 N–H and O–H groups in total. The number of nitrogens with two attached hydrogens (primary N) is 1. The van der Waals surface area contributed by atoms with Gasteiger partial charge in [-0.2, -0.15) is 0 Å². The Morgan fingerprint density at radius 2 is 1.95 bits per heavy atom. The first-order valence-corrected chi connectivity index (χ1v) is 6.63. The van der Waals surface area contributed by atoms with Gasteiger partial charge >= 0.3 is 0 Å². The molecule has 3 nitrogen and oxygen atoms in total. The molecule has 0 fully saturated rings. The Kier molecular flexibility index (Phi) is 4.17. The van der Waals surface area contributed by atoms with Crippen LogP contribution in [-0.4, -0.2) is 11.6 Å². The summed E-state index contributed by atoms with van der Waals surface area (Å²) in [4.78, 5) is 4.13. The third-order valence-electron chi connectivity index (χ3n) is 2.75. The van der Waals surface area contributed by atoms with Crippen LogP contribution in [0.3, 0.4) is 0 Å². The second kappa shape index (κ2) is 5.68. The molecule has 2 rings (SSSR count). The SMILES string of the molecule is CCOc1cc(Cl)c(-c2cnc(N)c(C)c2)cc1Cl. The molecule has 1 aromatic carbocycles. The number of anilines is 1. The molecule has 2 aromatic rings. The standard InChI is InChI=1S/C14H14Cl2N2O/c1-3-19-13-6-11(15)10(5-12(13)16)9-4-8(2)14(17)18-7-9/h4-7H,3H2,1-2H3,(H2,17,18). The highest BCUT2D eigenvalue weighted by Crippen LogP contribution is 2.37. The second-order valence-corrected chi connectivity index (χ2v) is 4.94. The zero-order chi connectivity index (χ0) is 14.0. The molecule has 0 bridgehead atoms. The van der Waals surface area contributed by atoms with E-state index in [4.69, 9.17) is 33.7 Å². The van der Waals surface area contributed by atoms with Crippen molar-refractivity contribution in [3.63, 3.8) is 0 Å². The van der Waals surface area contributed by atoms with Gasteiger partial charge in [-0.15, -0.1) is 0 Å². The largest absolute Gasteiger partial charge is 0.492 e. The van der Waals surface area contributed by atoms with Gasteiger partial charge in [-0.25, -0.2) is 4.98 Å². The maximum atomic E-state index is 6.27. The number of ether oxygens (including phenoxy) is 1. The molecule has 1 heterocycles. The molecule has 5 heteroatoms. The average molecular weight is 297 g/mol. The Morgan fingerprint density at radius 3 is 2.58 bits per heavy atom. The van der Waals surface area contributed by atoms with Gasteiger partial charge in [0.05, 0.1) is 16.7 Å². The first-order chi connectivity index (χ1) is 9.02. The fourth-order valence-corrected chi connectivity index (χ4v) is 2.23. The van der Waals surface area contributed by atoms with Crippen molar-refractivity contribution >= 4 is 29.0 Å². The normalized spacial score (nSPS) is 10.5. The summed E-state index contributed by atoms with van der Waals surface area (Å²) in [7, 11) is 0. The quantitative estimate of drug-likeness (QED) is 0.916. The Morgan fingerprint density at radius 1 is 1.21 bits per heavy atom. The highest BCUT2D eigenvalue weighted by molar-refractivity contribution is 6.36. The van der Waals surface area contributed by atoms with Crippen LogP contribution < -0.4 is 10.5 Å². The molecular formula is C14H14Cl2N2O. The van der Waals surface area contributed by atoms with E-state index in [1.165, 1.54) is 0 Å². The summed E-state index contributed by atoms with van der Waals surface area (Å²) >= 11 is 12.4. The van der Waals surface area contributed by atoms with E-state index in [1.807, 2.05) is 19.9 Å². The maximum Gasteiger partial charge on any atom is 0.139 e. The zero-order valence-corrected chi connectivity index (χ0v) is 12.2. The van der Waals surface area contributed by atoms with Crippen molar-refractivity contribution in [2.24, 2.45) is 0 Å². The molecule has 0 radical (unpaired) electrons. The van der Waals surface area contributed by atoms with Crippen molar-refractivity contribution in [3.8, 4) is 16.9 Å². The first kappa shape index (κ1) is 14.0.